The number of esters is 1. The van der Waals surface area contributed by atoms with E-state index < -0.39 is 10.9 Å². The Morgan fingerprint density at radius 1 is 1.32 bits per heavy atom. The minimum atomic E-state index is -0.525. The summed E-state index contributed by atoms with van der Waals surface area (Å²) in [5.41, 5.74) is 0.909. The molecule has 1 aliphatic rings. The molecular formula is C18H19N3O5S2. The minimum absolute atomic E-state index is 0.00954. The quantitative estimate of drug-likeness (QED) is 0.396. The van der Waals surface area contributed by atoms with Crippen LogP contribution in [0.25, 0.3) is 0 Å². The lowest BCUT2D eigenvalue weighted by molar-refractivity contribution is -0.384. The molecule has 1 aliphatic heterocycles. The molecule has 28 heavy (non-hydrogen) atoms. The molecule has 1 aromatic carbocycles. The summed E-state index contributed by atoms with van der Waals surface area (Å²) in [7, 11) is 0. The number of nitro groups is 1. The number of carbonyl (C=O) groups excluding carboxylic acids is 2. The number of carbonyl (C=O) groups is 2. The van der Waals surface area contributed by atoms with Gasteiger partial charge in [0.15, 0.2) is 15.9 Å². The van der Waals surface area contributed by atoms with Crippen molar-refractivity contribution in [1.82, 2.24) is 4.98 Å². The molecule has 0 aliphatic carbocycles. The smallest absolute Gasteiger partial charge is 0.358 e. The fourth-order valence-electron chi connectivity index (χ4n) is 2.84. The van der Waals surface area contributed by atoms with Gasteiger partial charge in [0.25, 0.3) is 5.69 Å². The molecule has 0 bridgehead atoms. The maximum absolute atomic E-state index is 12.2. The molecule has 1 fully saturated rings. The number of anilines is 1. The van der Waals surface area contributed by atoms with E-state index in [0.29, 0.717) is 10.8 Å². The molecule has 0 unspecified atom stereocenters. The topological polar surface area (TPSA) is 103 Å². The lowest BCUT2D eigenvalue weighted by Crippen LogP contribution is -2.35. The van der Waals surface area contributed by atoms with E-state index in [0.717, 1.165) is 31.1 Å². The summed E-state index contributed by atoms with van der Waals surface area (Å²) in [5, 5.41) is 13.6. The third-order valence-electron chi connectivity index (χ3n) is 4.26. The Labute approximate surface area is 170 Å². The third kappa shape index (κ3) is 5.29. The van der Waals surface area contributed by atoms with Crippen molar-refractivity contribution in [1.29, 1.82) is 0 Å². The first-order valence-corrected chi connectivity index (χ1v) is 10.5. The van der Waals surface area contributed by atoms with Crippen molar-refractivity contribution in [2.45, 2.75) is 31.6 Å². The number of thioether (sulfide) groups is 1. The van der Waals surface area contributed by atoms with Crippen molar-refractivity contribution in [3.8, 4) is 0 Å². The van der Waals surface area contributed by atoms with Gasteiger partial charge in [0.05, 0.1) is 4.92 Å². The van der Waals surface area contributed by atoms with Crippen LogP contribution in [0.4, 0.5) is 10.8 Å². The maximum atomic E-state index is 12.2. The summed E-state index contributed by atoms with van der Waals surface area (Å²) in [6.45, 7) is 3.22. The van der Waals surface area contributed by atoms with Gasteiger partial charge in [-0.1, -0.05) is 11.8 Å². The summed E-state index contributed by atoms with van der Waals surface area (Å²) in [6.07, 6.45) is 1.81. The number of hydrogen-bond donors (Lipinski definition) is 0. The molecule has 2 heterocycles. The molecule has 1 saturated heterocycles. The summed E-state index contributed by atoms with van der Waals surface area (Å²) in [5.74, 6) is -0.525. The van der Waals surface area contributed by atoms with Crippen molar-refractivity contribution in [3.63, 3.8) is 0 Å². The Balaban J connectivity index is 1.51. The predicted octanol–water partition coefficient (Wildman–Crippen LogP) is 3.66. The molecular weight excluding hydrogens is 402 g/mol. The van der Waals surface area contributed by atoms with E-state index in [1.807, 2.05) is 0 Å². The first-order chi connectivity index (χ1) is 13.4. The first-order valence-electron chi connectivity index (χ1n) is 8.70. The number of nitro benzene ring substituents is 1. The second-order valence-electron chi connectivity index (χ2n) is 6.31. The van der Waals surface area contributed by atoms with Gasteiger partial charge in [0.1, 0.15) is 6.61 Å². The molecule has 10 heteroatoms. The number of aromatic nitrogens is 1. The zero-order valence-electron chi connectivity index (χ0n) is 15.2. The number of hydrogen-bond acceptors (Lipinski definition) is 9. The Morgan fingerprint density at radius 2 is 2.00 bits per heavy atom. The van der Waals surface area contributed by atoms with Crippen molar-refractivity contribution < 1.29 is 19.2 Å². The Kier molecular flexibility index (Phi) is 6.63. The van der Waals surface area contributed by atoms with Crippen LogP contribution in [0.5, 0.6) is 0 Å². The van der Waals surface area contributed by atoms with E-state index in [1.54, 1.807) is 24.4 Å². The number of piperidine rings is 1. The van der Waals surface area contributed by atoms with Crippen molar-refractivity contribution >= 4 is 45.0 Å². The molecule has 3 rings (SSSR count). The average molecular weight is 422 g/mol. The van der Waals surface area contributed by atoms with E-state index in [2.05, 4.69) is 9.88 Å². The van der Waals surface area contributed by atoms with Crippen LogP contribution < -0.4 is 4.90 Å². The molecule has 2 aromatic rings. The van der Waals surface area contributed by atoms with E-state index in [1.165, 1.54) is 35.2 Å². The molecule has 1 aromatic heterocycles. The number of ether oxygens (including phenoxy) is 1. The average Bonchev–Trinajstić information content (AvgIpc) is 3.17. The van der Waals surface area contributed by atoms with Gasteiger partial charge < -0.3 is 9.64 Å². The Bertz CT molecular complexity index is 860. The summed E-state index contributed by atoms with van der Waals surface area (Å²) in [4.78, 5) is 40.1. The van der Waals surface area contributed by atoms with Gasteiger partial charge in [-0.15, -0.1) is 11.3 Å². The van der Waals surface area contributed by atoms with Gasteiger partial charge in [-0.25, -0.2) is 9.78 Å². The molecule has 148 valence electrons. The zero-order valence-corrected chi connectivity index (χ0v) is 16.8. The van der Waals surface area contributed by atoms with Gasteiger partial charge in [-0.2, -0.15) is 0 Å². The van der Waals surface area contributed by atoms with Gasteiger partial charge in [-0.05, 0) is 30.5 Å². The monoisotopic (exact) mass is 421 g/mol. The summed E-state index contributed by atoms with van der Waals surface area (Å²) < 4.78 is 5.25. The lowest BCUT2D eigenvalue weighted by atomic mass is 10.1. The summed E-state index contributed by atoms with van der Waals surface area (Å²) in [6, 6.07) is 5.86. The van der Waals surface area contributed by atoms with E-state index in [-0.39, 0.29) is 23.1 Å². The van der Waals surface area contributed by atoms with Crippen LogP contribution in [-0.2, 0) is 16.1 Å². The fraction of sp³-hybridized carbons (Fsp3) is 0.389. The molecule has 0 saturated carbocycles. The Morgan fingerprint density at radius 3 is 2.61 bits per heavy atom. The number of nitrogens with zero attached hydrogens (tertiary/aromatic N) is 3. The maximum Gasteiger partial charge on any atom is 0.358 e. The molecule has 0 atom stereocenters. The SMILES string of the molecule is CC(=O)SC1CCN(c2nc(C(=O)OCc3ccc([N+](=O)[O-])cc3)cs2)CC1. The van der Waals surface area contributed by atoms with Crippen LogP contribution in [0.3, 0.4) is 0 Å². The highest BCUT2D eigenvalue weighted by Crippen LogP contribution is 2.29. The molecule has 0 spiro atoms. The fourth-order valence-corrected chi connectivity index (χ4v) is 4.60. The highest BCUT2D eigenvalue weighted by molar-refractivity contribution is 8.14. The molecule has 0 radical (unpaired) electrons. The highest BCUT2D eigenvalue weighted by atomic mass is 32.2. The molecule has 0 N–H and O–H groups in total. The van der Waals surface area contributed by atoms with Gasteiger partial charge >= 0.3 is 5.97 Å². The lowest BCUT2D eigenvalue weighted by Gasteiger charge is -2.30. The van der Waals surface area contributed by atoms with Crippen LogP contribution in [0.1, 0.15) is 35.8 Å². The van der Waals surface area contributed by atoms with Crippen molar-refractivity contribution in [2.24, 2.45) is 0 Å². The highest BCUT2D eigenvalue weighted by Gasteiger charge is 2.23. The summed E-state index contributed by atoms with van der Waals surface area (Å²) >= 11 is 2.79. The van der Waals surface area contributed by atoms with Crippen LogP contribution in [0.15, 0.2) is 29.6 Å². The van der Waals surface area contributed by atoms with Crippen LogP contribution in [0, 0.1) is 10.1 Å². The first kappa shape index (κ1) is 20.3. The standard InChI is InChI=1S/C18H19N3O5S2/c1-12(22)28-15-6-8-20(9-7-15)18-19-16(11-27-18)17(23)26-10-13-2-4-14(5-3-13)21(24)25/h2-5,11,15H,6-10H2,1H3. The van der Waals surface area contributed by atoms with E-state index >= 15 is 0 Å². The number of rotatable bonds is 6. The van der Waals surface area contributed by atoms with E-state index in [9.17, 15) is 19.7 Å². The number of non-ortho nitro benzene ring substituents is 1. The second kappa shape index (κ2) is 9.16. The van der Waals surface area contributed by atoms with Crippen molar-refractivity contribution in [3.05, 3.63) is 51.0 Å². The van der Waals surface area contributed by atoms with E-state index in [4.69, 9.17) is 4.74 Å². The Hall–Kier alpha value is -2.46. The van der Waals surface area contributed by atoms with Gasteiger partial charge in [0.2, 0.25) is 0 Å². The number of thiazole rings is 1. The number of benzene rings is 1. The van der Waals surface area contributed by atoms with Crippen molar-refractivity contribution in [2.75, 3.05) is 18.0 Å². The van der Waals surface area contributed by atoms with Crippen LogP contribution >= 0.6 is 23.1 Å². The van der Waals surface area contributed by atoms with Crippen LogP contribution in [0.2, 0.25) is 0 Å². The normalized spacial score (nSPS) is 14.7. The third-order valence-corrected chi connectivity index (χ3v) is 6.30. The minimum Gasteiger partial charge on any atom is -0.456 e. The van der Waals surface area contributed by atoms with Gasteiger partial charge in [0, 0.05) is 42.8 Å². The predicted molar refractivity (Wildman–Crippen MR) is 108 cm³/mol. The molecule has 0 amide bonds. The largest absolute Gasteiger partial charge is 0.456 e. The zero-order chi connectivity index (χ0) is 20.1. The van der Waals surface area contributed by atoms with Gasteiger partial charge in [-0.3, -0.25) is 14.9 Å². The molecule has 8 nitrogen and oxygen atoms in total. The van der Waals surface area contributed by atoms with Crippen LogP contribution in [-0.4, -0.2) is 39.3 Å². The second-order valence-corrected chi connectivity index (χ2v) is 8.62.